The number of carbonyl (C=O) groups is 3. The van der Waals surface area contributed by atoms with Crippen LogP contribution in [-0.4, -0.2) is 29.2 Å². The molecule has 1 amide bonds. The highest BCUT2D eigenvalue weighted by Gasteiger charge is 2.17. The molecule has 136 valence electrons. The van der Waals surface area contributed by atoms with Crippen molar-refractivity contribution < 1.29 is 24.0 Å². The monoisotopic (exact) mass is 396 g/mol. The second-order valence-electron chi connectivity index (χ2n) is 5.03. The highest BCUT2D eigenvalue weighted by atomic mass is 35.5. The van der Waals surface area contributed by atoms with Gasteiger partial charge in [0.2, 0.25) is 0 Å². The molecule has 1 N–H and O–H groups in total. The molecule has 10 heteroatoms. The van der Waals surface area contributed by atoms with Gasteiger partial charge in [-0.25, -0.2) is 0 Å². The summed E-state index contributed by atoms with van der Waals surface area (Å²) in [4.78, 5) is 46.0. The predicted molar refractivity (Wildman–Crippen MR) is 95.6 cm³/mol. The van der Waals surface area contributed by atoms with Crippen LogP contribution in [-0.2, 0) is 14.3 Å². The van der Waals surface area contributed by atoms with Crippen molar-refractivity contribution in [2.75, 3.05) is 11.9 Å². The first kappa shape index (κ1) is 19.5. The lowest BCUT2D eigenvalue weighted by molar-refractivity contribution is -0.383. The topological polar surface area (TPSA) is 116 Å². The Balaban J connectivity index is 1.80. The zero-order valence-electron chi connectivity index (χ0n) is 13.3. The summed E-state index contributed by atoms with van der Waals surface area (Å²) in [6, 6.07) is 7.15. The first-order valence-corrected chi connectivity index (χ1v) is 8.58. The second kappa shape index (κ2) is 9.07. The number of nitrogens with zero attached hydrogens (tertiary/aromatic N) is 1. The Labute approximate surface area is 156 Å². The van der Waals surface area contributed by atoms with E-state index in [1.165, 1.54) is 23.5 Å². The van der Waals surface area contributed by atoms with E-state index >= 15 is 0 Å². The maximum atomic E-state index is 11.8. The average Bonchev–Trinajstić information content (AvgIpc) is 3.14. The Hall–Kier alpha value is -2.78. The standard InChI is InChI=1S/C16H13ClN2O6S/c17-10-3-4-11(12(8-10)19(23)24)18-15(21)9-25-16(22)6-5-13(20)14-2-1-7-26-14/h1-4,7-8H,5-6,9H2,(H,18,21). The van der Waals surface area contributed by atoms with E-state index in [0.29, 0.717) is 4.88 Å². The molecule has 1 aromatic heterocycles. The number of amides is 1. The quantitative estimate of drug-likeness (QED) is 0.316. The molecule has 8 nitrogen and oxygen atoms in total. The summed E-state index contributed by atoms with van der Waals surface area (Å²) >= 11 is 6.96. The minimum Gasteiger partial charge on any atom is -0.456 e. The van der Waals surface area contributed by atoms with Crippen molar-refractivity contribution in [1.82, 2.24) is 0 Å². The van der Waals surface area contributed by atoms with Gasteiger partial charge in [-0.1, -0.05) is 17.7 Å². The van der Waals surface area contributed by atoms with Crippen LogP contribution in [0.4, 0.5) is 11.4 Å². The number of Topliss-reactive ketones (excluding diaryl/α,β-unsaturated/α-hetero) is 1. The highest BCUT2D eigenvalue weighted by molar-refractivity contribution is 7.12. The Morgan fingerprint density at radius 1 is 1.23 bits per heavy atom. The van der Waals surface area contributed by atoms with E-state index in [2.05, 4.69) is 5.32 Å². The fourth-order valence-electron chi connectivity index (χ4n) is 1.94. The summed E-state index contributed by atoms with van der Waals surface area (Å²) < 4.78 is 4.77. The van der Waals surface area contributed by atoms with Crippen LogP contribution in [0.5, 0.6) is 0 Å². The number of benzene rings is 1. The Bertz CT molecular complexity index is 837. The van der Waals surface area contributed by atoms with Gasteiger partial charge in [0.05, 0.1) is 16.2 Å². The molecule has 2 aromatic rings. The van der Waals surface area contributed by atoms with Crippen LogP contribution < -0.4 is 5.32 Å². The van der Waals surface area contributed by atoms with Crippen LogP contribution in [0.2, 0.25) is 5.02 Å². The van der Waals surface area contributed by atoms with Gasteiger partial charge in [-0.3, -0.25) is 24.5 Å². The lowest BCUT2D eigenvalue weighted by Gasteiger charge is -2.07. The first-order chi connectivity index (χ1) is 12.4. The molecule has 0 saturated heterocycles. The summed E-state index contributed by atoms with van der Waals surface area (Å²) in [5.41, 5.74) is -0.438. The number of carbonyl (C=O) groups excluding carboxylic acids is 3. The molecule has 0 saturated carbocycles. The maximum absolute atomic E-state index is 11.8. The van der Waals surface area contributed by atoms with Crippen molar-refractivity contribution in [3.63, 3.8) is 0 Å². The van der Waals surface area contributed by atoms with Crippen LogP contribution >= 0.6 is 22.9 Å². The van der Waals surface area contributed by atoms with Gasteiger partial charge in [-0.2, -0.15) is 0 Å². The van der Waals surface area contributed by atoms with E-state index < -0.39 is 23.4 Å². The maximum Gasteiger partial charge on any atom is 0.306 e. The van der Waals surface area contributed by atoms with Crippen LogP contribution in [0.25, 0.3) is 0 Å². The van der Waals surface area contributed by atoms with E-state index in [1.807, 2.05) is 0 Å². The smallest absolute Gasteiger partial charge is 0.306 e. The summed E-state index contributed by atoms with van der Waals surface area (Å²) in [7, 11) is 0. The zero-order chi connectivity index (χ0) is 19.1. The summed E-state index contributed by atoms with van der Waals surface area (Å²) in [6.07, 6.45) is -0.186. The number of hydrogen-bond donors (Lipinski definition) is 1. The van der Waals surface area contributed by atoms with Crippen molar-refractivity contribution in [3.05, 3.63) is 55.7 Å². The number of rotatable bonds is 8. The molecular weight excluding hydrogens is 384 g/mol. The molecule has 0 atom stereocenters. The average molecular weight is 397 g/mol. The van der Waals surface area contributed by atoms with E-state index in [1.54, 1.807) is 17.5 Å². The van der Waals surface area contributed by atoms with Crippen LogP contribution in [0, 0.1) is 10.1 Å². The first-order valence-electron chi connectivity index (χ1n) is 7.33. The third-order valence-electron chi connectivity index (χ3n) is 3.15. The number of nitro groups is 1. The van der Waals surface area contributed by atoms with Crippen molar-refractivity contribution in [1.29, 1.82) is 0 Å². The van der Waals surface area contributed by atoms with Gasteiger partial charge in [-0.05, 0) is 23.6 Å². The number of nitrogens with one attached hydrogen (secondary N) is 1. The summed E-state index contributed by atoms with van der Waals surface area (Å²) in [6.45, 7) is -0.619. The van der Waals surface area contributed by atoms with Gasteiger partial charge < -0.3 is 10.1 Å². The lowest BCUT2D eigenvalue weighted by atomic mass is 10.2. The molecule has 0 aliphatic carbocycles. The molecule has 0 aliphatic heterocycles. The van der Waals surface area contributed by atoms with Crippen LogP contribution in [0.1, 0.15) is 22.5 Å². The van der Waals surface area contributed by atoms with Gasteiger partial charge in [0.25, 0.3) is 11.6 Å². The molecule has 26 heavy (non-hydrogen) atoms. The summed E-state index contributed by atoms with van der Waals surface area (Å²) in [5, 5.41) is 15.1. The number of ether oxygens (including phenoxy) is 1. The van der Waals surface area contributed by atoms with E-state index in [9.17, 15) is 24.5 Å². The van der Waals surface area contributed by atoms with Gasteiger partial charge in [0.1, 0.15) is 5.69 Å². The Morgan fingerprint density at radius 2 is 2.00 bits per heavy atom. The van der Waals surface area contributed by atoms with Crippen LogP contribution in [0.15, 0.2) is 35.7 Å². The fourth-order valence-corrected chi connectivity index (χ4v) is 2.80. The van der Waals surface area contributed by atoms with E-state index in [0.717, 1.165) is 6.07 Å². The minimum absolute atomic E-state index is 0.0242. The number of thiophene rings is 1. The van der Waals surface area contributed by atoms with Gasteiger partial charge in [-0.15, -0.1) is 11.3 Å². The molecule has 1 heterocycles. The second-order valence-corrected chi connectivity index (χ2v) is 6.41. The lowest BCUT2D eigenvalue weighted by Crippen LogP contribution is -2.21. The fraction of sp³-hybridized carbons (Fsp3) is 0.188. The van der Waals surface area contributed by atoms with Gasteiger partial charge >= 0.3 is 5.97 Å². The zero-order valence-corrected chi connectivity index (χ0v) is 14.8. The predicted octanol–water partition coefficient (Wildman–Crippen LogP) is 3.45. The van der Waals surface area contributed by atoms with Gasteiger partial charge in [0.15, 0.2) is 12.4 Å². The molecule has 0 spiro atoms. The molecular formula is C16H13ClN2O6S. The Morgan fingerprint density at radius 3 is 2.65 bits per heavy atom. The molecule has 2 rings (SSSR count). The number of halogens is 1. The normalized spacial score (nSPS) is 10.2. The molecule has 0 unspecified atom stereocenters. The van der Waals surface area contributed by atoms with E-state index in [-0.39, 0.29) is 35.0 Å². The molecule has 0 bridgehead atoms. The van der Waals surface area contributed by atoms with Crippen molar-refractivity contribution in [2.45, 2.75) is 12.8 Å². The number of ketones is 1. The molecule has 1 aromatic carbocycles. The number of nitro benzene ring substituents is 1. The van der Waals surface area contributed by atoms with Crippen LogP contribution in [0.3, 0.4) is 0 Å². The highest BCUT2D eigenvalue weighted by Crippen LogP contribution is 2.27. The van der Waals surface area contributed by atoms with Crippen molar-refractivity contribution >= 4 is 52.0 Å². The third kappa shape index (κ3) is 5.64. The molecule has 0 fully saturated rings. The van der Waals surface area contributed by atoms with Gasteiger partial charge in [0, 0.05) is 17.5 Å². The molecule has 0 radical (unpaired) electrons. The van der Waals surface area contributed by atoms with Crippen molar-refractivity contribution in [2.24, 2.45) is 0 Å². The largest absolute Gasteiger partial charge is 0.456 e. The summed E-state index contributed by atoms with van der Waals surface area (Å²) in [5.74, 6) is -1.64. The number of anilines is 1. The van der Waals surface area contributed by atoms with E-state index in [4.69, 9.17) is 16.3 Å². The SMILES string of the molecule is O=C(COC(=O)CCC(=O)c1cccs1)Nc1ccc(Cl)cc1[N+](=O)[O-]. The Kier molecular flexibility index (Phi) is 6.81. The van der Waals surface area contributed by atoms with Crippen molar-refractivity contribution in [3.8, 4) is 0 Å². The third-order valence-corrected chi connectivity index (χ3v) is 4.29. The number of hydrogen-bond acceptors (Lipinski definition) is 7. The minimum atomic E-state index is -0.742. The number of esters is 1. The molecule has 0 aliphatic rings.